The largest absolute Gasteiger partial charge is 0.492 e. The van der Waals surface area contributed by atoms with Crippen molar-refractivity contribution in [2.24, 2.45) is 0 Å². The number of hydrogen-bond donors (Lipinski definition) is 1. The van der Waals surface area contributed by atoms with E-state index in [2.05, 4.69) is 15.9 Å². The van der Waals surface area contributed by atoms with Crippen molar-refractivity contribution in [2.45, 2.75) is 13.3 Å². The molecule has 0 unspecified atom stereocenters. The topological polar surface area (TPSA) is 52.3 Å². The maximum Gasteiger partial charge on any atom is 0.194 e. The molecule has 0 radical (unpaired) electrons. The monoisotopic (exact) mass is 367 g/mol. The van der Waals surface area contributed by atoms with Crippen LogP contribution in [0.3, 0.4) is 0 Å². The summed E-state index contributed by atoms with van der Waals surface area (Å²) in [4.78, 5) is 12.5. The number of rotatable bonds is 5. The second-order valence-electron chi connectivity index (χ2n) is 4.56. The summed E-state index contributed by atoms with van der Waals surface area (Å²) in [7, 11) is 0. The number of nitrogens with two attached hydrogens (primary N) is 1. The zero-order valence-electron chi connectivity index (χ0n) is 11.5. The molecule has 21 heavy (non-hydrogen) atoms. The Hall–Kier alpha value is -1.52. The zero-order chi connectivity index (χ0) is 15.4. The SMILES string of the molecule is CCCOc1ccc(C(=O)c2cc(N)ccc2Cl)cc1Br. The summed E-state index contributed by atoms with van der Waals surface area (Å²) in [6, 6.07) is 10.1. The third kappa shape index (κ3) is 3.77. The fraction of sp³-hybridized carbons (Fsp3) is 0.188. The molecule has 2 aromatic carbocycles. The van der Waals surface area contributed by atoms with E-state index in [-0.39, 0.29) is 5.78 Å². The van der Waals surface area contributed by atoms with Crippen molar-refractivity contribution >= 4 is 39.0 Å². The molecule has 0 bridgehead atoms. The first-order valence-electron chi connectivity index (χ1n) is 6.55. The van der Waals surface area contributed by atoms with Gasteiger partial charge < -0.3 is 10.5 Å². The van der Waals surface area contributed by atoms with Crippen LogP contribution in [0.5, 0.6) is 5.75 Å². The van der Waals surface area contributed by atoms with Crippen molar-refractivity contribution in [1.29, 1.82) is 0 Å². The normalized spacial score (nSPS) is 10.4. The number of hydrogen-bond acceptors (Lipinski definition) is 3. The Bertz CT molecular complexity index is 673. The number of carbonyl (C=O) groups excluding carboxylic acids is 1. The maximum atomic E-state index is 12.5. The van der Waals surface area contributed by atoms with Gasteiger partial charge in [-0.3, -0.25) is 4.79 Å². The molecule has 0 aliphatic carbocycles. The summed E-state index contributed by atoms with van der Waals surface area (Å²) in [5, 5.41) is 0.386. The smallest absolute Gasteiger partial charge is 0.194 e. The first-order chi connectivity index (χ1) is 10.0. The Morgan fingerprint density at radius 3 is 2.71 bits per heavy atom. The predicted octanol–water partition coefficient (Wildman–Crippen LogP) is 4.70. The molecule has 0 aliphatic rings. The quantitative estimate of drug-likeness (QED) is 0.614. The highest BCUT2D eigenvalue weighted by molar-refractivity contribution is 9.10. The lowest BCUT2D eigenvalue weighted by atomic mass is 10.0. The van der Waals surface area contributed by atoms with Crippen LogP contribution in [0.1, 0.15) is 29.3 Å². The van der Waals surface area contributed by atoms with Gasteiger partial charge in [-0.1, -0.05) is 18.5 Å². The molecule has 2 aromatic rings. The molecule has 0 aliphatic heterocycles. The minimum absolute atomic E-state index is 0.171. The van der Waals surface area contributed by atoms with Crippen molar-refractivity contribution in [1.82, 2.24) is 0 Å². The van der Waals surface area contributed by atoms with E-state index in [1.165, 1.54) is 0 Å². The van der Waals surface area contributed by atoms with E-state index in [4.69, 9.17) is 22.1 Å². The van der Waals surface area contributed by atoms with Crippen molar-refractivity contribution in [3.63, 3.8) is 0 Å². The van der Waals surface area contributed by atoms with Crippen LogP contribution in [-0.4, -0.2) is 12.4 Å². The number of ketones is 1. The van der Waals surface area contributed by atoms with E-state index in [0.29, 0.717) is 34.2 Å². The molecule has 2 rings (SSSR count). The molecule has 0 amide bonds. The fourth-order valence-electron chi connectivity index (χ4n) is 1.84. The molecule has 0 heterocycles. The molecular formula is C16H15BrClNO2. The number of benzene rings is 2. The Balaban J connectivity index is 2.31. The average molecular weight is 369 g/mol. The second kappa shape index (κ2) is 6.96. The third-order valence-corrected chi connectivity index (χ3v) is 3.84. The van der Waals surface area contributed by atoms with E-state index in [9.17, 15) is 4.79 Å². The van der Waals surface area contributed by atoms with E-state index >= 15 is 0 Å². The van der Waals surface area contributed by atoms with Gasteiger partial charge >= 0.3 is 0 Å². The highest BCUT2D eigenvalue weighted by Crippen LogP contribution is 2.29. The molecule has 0 fully saturated rings. The van der Waals surface area contributed by atoms with Crippen molar-refractivity contribution in [2.75, 3.05) is 12.3 Å². The van der Waals surface area contributed by atoms with Gasteiger partial charge in [0.2, 0.25) is 0 Å². The van der Waals surface area contributed by atoms with Crippen LogP contribution in [0.25, 0.3) is 0 Å². The summed E-state index contributed by atoms with van der Waals surface area (Å²) < 4.78 is 6.30. The lowest BCUT2D eigenvalue weighted by molar-refractivity contribution is 0.103. The van der Waals surface area contributed by atoms with Crippen LogP contribution in [0.15, 0.2) is 40.9 Å². The summed E-state index contributed by atoms with van der Waals surface area (Å²) in [6.07, 6.45) is 0.923. The van der Waals surface area contributed by atoms with Crippen LogP contribution in [-0.2, 0) is 0 Å². The Morgan fingerprint density at radius 1 is 1.29 bits per heavy atom. The van der Waals surface area contributed by atoms with Crippen LogP contribution in [0, 0.1) is 0 Å². The van der Waals surface area contributed by atoms with Gasteiger partial charge in [-0.05, 0) is 58.7 Å². The fourth-order valence-corrected chi connectivity index (χ4v) is 2.54. The number of halogens is 2. The second-order valence-corrected chi connectivity index (χ2v) is 5.82. The van der Waals surface area contributed by atoms with Gasteiger partial charge in [0.1, 0.15) is 5.75 Å². The standard InChI is InChI=1S/C16H15BrClNO2/c1-2-7-21-15-6-3-10(8-13(15)17)16(20)12-9-11(19)4-5-14(12)18/h3-6,8-9H,2,7,19H2,1H3. The number of ether oxygens (including phenoxy) is 1. The summed E-state index contributed by atoms with van der Waals surface area (Å²) >= 11 is 9.48. The minimum Gasteiger partial charge on any atom is -0.492 e. The first-order valence-corrected chi connectivity index (χ1v) is 7.72. The minimum atomic E-state index is -0.171. The van der Waals surface area contributed by atoms with Gasteiger partial charge in [0.05, 0.1) is 16.1 Å². The van der Waals surface area contributed by atoms with Crippen LogP contribution in [0.2, 0.25) is 5.02 Å². The molecule has 0 aromatic heterocycles. The van der Waals surface area contributed by atoms with E-state index in [0.717, 1.165) is 10.9 Å². The van der Waals surface area contributed by atoms with Crippen molar-refractivity contribution < 1.29 is 9.53 Å². The number of anilines is 1. The van der Waals surface area contributed by atoms with Crippen LogP contribution in [0.4, 0.5) is 5.69 Å². The van der Waals surface area contributed by atoms with E-state index in [1.54, 1.807) is 36.4 Å². The Labute approximate surface area is 137 Å². The van der Waals surface area contributed by atoms with Gasteiger partial charge in [0, 0.05) is 16.8 Å². The maximum absolute atomic E-state index is 12.5. The molecule has 3 nitrogen and oxygen atoms in total. The van der Waals surface area contributed by atoms with Crippen molar-refractivity contribution in [3.05, 3.63) is 57.0 Å². The summed E-state index contributed by atoms with van der Waals surface area (Å²) in [5.74, 6) is 0.544. The average Bonchev–Trinajstić information content (AvgIpc) is 2.47. The molecule has 0 spiro atoms. The van der Waals surface area contributed by atoms with Gasteiger partial charge in [-0.25, -0.2) is 0 Å². The van der Waals surface area contributed by atoms with E-state index < -0.39 is 0 Å². The van der Waals surface area contributed by atoms with Gasteiger partial charge in [-0.2, -0.15) is 0 Å². The third-order valence-electron chi connectivity index (χ3n) is 2.89. The first kappa shape index (κ1) is 15.9. The highest BCUT2D eigenvalue weighted by atomic mass is 79.9. The highest BCUT2D eigenvalue weighted by Gasteiger charge is 2.15. The zero-order valence-corrected chi connectivity index (χ0v) is 13.9. The molecular weight excluding hydrogens is 354 g/mol. The van der Waals surface area contributed by atoms with Crippen LogP contribution < -0.4 is 10.5 Å². The summed E-state index contributed by atoms with van der Waals surface area (Å²) in [5.41, 5.74) is 7.14. The Morgan fingerprint density at radius 2 is 2.05 bits per heavy atom. The molecule has 0 atom stereocenters. The molecule has 5 heteroatoms. The molecule has 0 saturated carbocycles. The molecule has 0 saturated heterocycles. The molecule has 110 valence electrons. The number of carbonyl (C=O) groups is 1. The Kier molecular flexibility index (Phi) is 5.26. The van der Waals surface area contributed by atoms with Gasteiger partial charge in [-0.15, -0.1) is 0 Å². The molecule has 2 N–H and O–H groups in total. The van der Waals surface area contributed by atoms with Gasteiger partial charge in [0.15, 0.2) is 5.78 Å². The van der Waals surface area contributed by atoms with Gasteiger partial charge in [0.25, 0.3) is 0 Å². The lowest BCUT2D eigenvalue weighted by Crippen LogP contribution is -2.04. The van der Waals surface area contributed by atoms with E-state index in [1.807, 2.05) is 6.92 Å². The number of nitrogen functional groups attached to an aromatic ring is 1. The van der Waals surface area contributed by atoms with Crippen molar-refractivity contribution in [3.8, 4) is 5.75 Å². The summed E-state index contributed by atoms with van der Waals surface area (Å²) in [6.45, 7) is 2.67. The predicted molar refractivity (Wildman–Crippen MR) is 89.2 cm³/mol. The van der Waals surface area contributed by atoms with Crippen LogP contribution >= 0.6 is 27.5 Å². The lowest BCUT2D eigenvalue weighted by Gasteiger charge is -2.09.